The van der Waals surface area contributed by atoms with Gasteiger partial charge in [0, 0.05) is 25.7 Å². The second kappa shape index (κ2) is 6.75. The van der Waals surface area contributed by atoms with Gasteiger partial charge in [0.15, 0.2) is 0 Å². The van der Waals surface area contributed by atoms with Crippen LogP contribution in [0.2, 0.25) is 0 Å². The summed E-state index contributed by atoms with van der Waals surface area (Å²) in [5.74, 6) is 0.908. The topological polar surface area (TPSA) is 15.3 Å². The first-order chi connectivity index (χ1) is 7.90. The van der Waals surface area contributed by atoms with E-state index in [-0.39, 0.29) is 0 Å². The number of hydrogen-bond donors (Lipinski definition) is 1. The Kier molecular flexibility index (Phi) is 5.94. The Labute approximate surface area is 108 Å². The van der Waals surface area contributed by atoms with Crippen molar-refractivity contribution in [3.8, 4) is 0 Å². The van der Waals surface area contributed by atoms with Crippen LogP contribution in [-0.4, -0.2) is 37.6 Å². The normalized spacial score (nSPS) is 27.4. The molecule has 2 heteroatoms. The predicted molar refractivity (Wildman–Crippen MR) is 76.4 cm³/mol. The Morgan fingerprint density at radius 1 is 1.24 bits per heavy atom. The summed E-state index contributed by atoms with van der Waals surface area (Å²) in [6, 6.07) is 0.704. The van der Waals surface area contributed by atoms with Crippen LogP contribution in [0.4, 0.5) is 0 Å². The highest BCUT2D eigenvalue weighted by Gasteiger charge is 2.25. The molecule has 0 spiro atoms. The molecule has 0 radical (unpaired) electrons. The van der Waals surface area contributed by atoms with Crippen LogP contribution in [0.3, 0.4) is 0 Å². The molecular formula is C15H32N2. The predicted octanol–water partition coefficient (Wildman–Crippen LogP) is 3.13. The minimum Gasteiger partial charge on any atom is -0.312 e. The summed E-state index contributed by atoms with van der Waals surface area (Å²) in [7, 11) is 2.27. The molecule has 1 N–H and O–H groups in total. The first-order valence-corrected chi connectivity index (χ1v) is 7.32. The molecule has 0 aromatic carbocycles. The Hall–Kier alpha value is -0.0800. The van der Waals surface area contributed by atoms with E-state index >= 15 is 0 Å². The van der Waals surface area contributed by atoms with Crippen LogP contribution in [0.5, 0.6) is 0 Å². The molecule has 102 valence electrons. The highest BCUT2D eigenvalue weighted by atomic mass is 15.1. The van der Waals surface area contributed by atoms with E-state index < -0.39 is 0 Å². The Balaban J connectivity index is 2.34. The maximum absolute atomic E-state index is 3.76. The van der Waals surface area contributed by atoms with Crippen molar-refractivity contribution in [2.75, 3.05) is 26.7 Å². The number of nitrogens with one attached hydrogen (secondary N) is 1. The third kappa shape index (κ3) is 6.42. The van der Waals surface area contributed by atoms with Crippen LogP contribution in [-0.2, 0) is 0 Å². The summed E-state index contributed by atoms with van der Waals surface area (Å²) >= 11 is 0. The van der Waals surface area contributed by atoms with Crippen molar-refractivity contribution in [2.45, 2.75) is 59.4 Å². The van der Waals surface area contributed by atoms with E-state index in [0.717, 1.165) is 12.5 Å². The number of rotatable bonds is 5. The fraction of sp³-hybridized carbons (Fsp3) is 1.00. The minimum absolute atomic E-state index is 0.398. The van der Waals surface area contributed by atoms with Gasteiger partial charge in [-0.3, -0.25) is 0 Å². The third-order valence-electron chi connectivity index (χ3n) is 3.61. The monoisotopic (exact) mass is 240 g/mol. The standard InChI is InChI=1S/C15H32N2/c1-6-7-8-13-9-14(11-17(5)10-13)16-12-15(2,3)4/h13-14,16H,6-12H2,1-5H3. The van der Waals surface area contributed by atoms with Crippen LogP contribution in [0.15, 0.2) is 0 Å². The molecule has 0 bridgehead atoms. The van der Waals surface area contributed by atoms with Gasteiger partial charge in [0.1, 0.15) is 0 Å². The fourth-order valence-electron chi connectivity index (χ4n) is 2.74. The Morgan fingerprint density at radius 3 is 2.53 bits per heavy atom. The van der Waals surface area contributed by atoms with Crippen LogP contribution in [0.1, 0.15) is 53.4 Å². The zero-order valence-corrected chi connectivity index (χ0v) is 12.6. The van der Waals surface area contributed by atoms with E-state index in [2.05, 4.69) is 45.0 Å². The smallest absolute Gasteiger partial charge is 0.0198 e. The summed E-state index contributed by atoms with van der Waals surface area (Å²) in [6.45, 7) is 12.9. The number of hydrogen-bond acceptors (Lipinski definition) is 2. The van der Waals surface area contributed by atoms with E-state index in [9.17, 15) is 0 Å². The Morgan fingerprint density at radius 2 is 1.94 bits per heavy atom. The second-order valence-electron chi connectivity index (χ2n) is 7.10. The summed E-state index contributed by atoms with van der Waals surface area (Å²) in [4.78, 5) is 2.50. The first kappa shape index (κ1) is 15.0. The van der Waals surface area contributed by atoms with Crippen molar-refractivity contribution >= 4 is 0 Å². The summed E-state index contributed by atoms with van der Waals surface area (Å²) in [5, 5.41) is 3.76. The highest BCUT2D eigenvalue weighted by molar-refractivity contribution is 4.83. The average Bonchev–Trinajstić information content (AvgIpc) is 2.22. The molecule has 1 aliphatic heterocycles. The molecule has 2 unspecified atom stereocenters. The molecule has 0 amide bonds. The highest BCUT2D eigenvalue weighted by Crippen LogP contribution is 2.22. The van der Waals surface area contributed by atoms with Crippen molar-refractivity contribution in [1.29, 1.82) is 0 Å². The second-order valence-corrected chi connectivity index (χ2v) is 7.10. The van der Waals surface area contributed by atoms with Gasteiger partial charge in [-0.05, 0) is 31.2 Å². The van der Waals surface area contributed by atoms with Crippen molar-refractivity contribution in [1.82, 2.24) is 10.2 Å². The lowest BCUT2D eigenvalue weighted by Gasteiger charge is -2.37. The van der Waals surface area contributed by atoms with Crippen molar-refractivity contribution < 1.29 is 0 Å². The van der Waals surface area contributed by atoms with Crippen molar-refractivity contribution in [3.05, 3.63) is 0 Å². The molecule has 17 heavy (non-hydrogen) atoms. The molecule has 1 aliphatic rings. The van der Waals surface area contributed by atoms with Crippen LogP contribution in [0.25, 0.3) is 0 Å². The van der Waals surface area contributed by atoms with Gasteiger partial charge in [0.25, 0.3) is 0 Å². The lowest BCUT2D eigenvalue weighted by Crippen LogP contribution is -2.49. The van der Waals surface area contributed by atoms with Gasteiger partial charge in [-0.15, -0.1) is 0 Å². The first-order valence-electron chi connectivity index (χ1n) is 7.32. The van der Waals surface area contributed by atoms with Crippen LogP contribution >= 0.6 is 0 Å². The summed E-state index contributed by atoms with van der Waals surface area (Å²) in [5.41, 5.74) is 0.398. The van der Waals surface area contributed by atoms with Crippen LogP contribution in [0, 0.1) is 11.3 Å². The average molecular weight is 240 g/mol. The molecule has 2 atom stereocenters. The molecule has 0 saturated carbocycles. The van der Waals surface area contributed by atoms with Gasteiger partial charge in [0.2, 0.25) is 0 Å². The number of unbranched alkanes of at least 4 members (excludes halogenated alkanes) is 1. The van der Waals surface area contributed by atoms with Gasteiger partial charge in [-0.2, -0.15) is 0 Å². The molecule has 2 nitrogen and oxygen atoms in total. The largest absolute Gasteiger partial charge is 0.312 e. The zero-order valence-electron chi connectivity index (χ0n) is 12.6. The van der Waals surface area contributed by atoms with E-state index in [1.165, 1.54) is 38.8 Å². The molecule has 0 aromatic rings. The molecule has 1 fully saturated rings. The summed E-state index contributed by atoms with van der Waals surface area (Å²) in [6.07, 6.45) is 5.51. The molecule has 1 saturated heterocycles. The number of likely N-dealkylation sites (tertiary alicyclic amines) is 1. The van der Waals surface area contributed by atoms with Gasteiger partial charge >= 0.3 is 0 Å². The SMILES string of the molecule is CCCCC1CC(NCC(C)(C)C)CN(C)C1. The van der Waals surface area contributed by atoms with Crippen LogP contribution < -0.4 is 5.32 Å². The third-order valence-corrected chi connectivity index (χ3v) is 3.61. The molecule has 0 aliphatic carbocycles. The zero-order chi connectivity index (χ0) is 12.9. The summed E-state index contributed by atoms with van der Waals surface area (Å²) < 4.78 is 0. The van der Waals surface area contributed by atoms with Gasteiger partial charge in [-0.25, -0.2) is 0 Å². The number of nitrogens with zero attached hydrogens (tertiary/aromatic N) is 1. The Bertz CT molecular complexity index is 207. The molecule has 1 heterocycles. The van der Waals surface area contributed by atoms with Crippen molar-refractivity contribution in [3.63, 3.8) is 0 Å². The maximum Gasteiger partial charge on any atom is 0.0198 e. The molecular weight excluding hydrogens is 208 g/mol. The lowest BCUT2D eigenvalue weighted by atomic mass is 9.89. The van der Waals surface area contributed by atoms with Gasteiger partial charge < -0.3 is 10.2 Å². The minimum atomic E-state index is 0.398. The van der Waals surface area contributed by atoms with Gasteiger partial charge in [0.05, 0.1) is 0 Å². The van der Waals surface area contributed by atoms with Gasteiger partial charge in [-0.1, -0.05) is 40.5 Å². The molecule has 0 aromatic heterocycles. The van der Waals surface area contributed by atoms with Crippen molar-refractivity contribution in [2.24, 2.45) is 11.3 Å². The van der Waals surface area contributed by atoms with E-state index in [0.29, 0.717) is 11.5 Å². The van der Waals surface area contributed by atoms with E-state index in [1.54, 1.807) is 0 Å². The lowest BCUT2D eigenvalue weighted by molar-refractivity contribution is 0.154. The van der Waals surface area contributed by atoms with E-state index in [4.69, 9.17) is 0 Å². The quantitative estimate of drug-likeness (QED) is 0.794. The fourth-order valence-corrected chi connectivity index (χ4v) is 2.74. The number of piperidine rings is 1. The van der Waals surface area contributed by atoms with E-state index in [1.807, 2.05) is 0 Å². The maximum atomic E-state index is 3.76. The number of likely N-dealkylation sites (N-methyl/N-ethyl adjacent to an activating group) is 1. The molecule has 1 rings (SSSR count).